The molecule has 0 aliphatic carbocycles. The molecule has 0 aromatic heterocycles. The van der Waals surface area contributed by atoms with Crippen LogP contribution >= 0.6 is 0 Å². The Morgan fingerprint density at radius 2 is 1.25 bits per heavy atom. The van der Waals surface area contributed by atoms with E-state index in [-0.39, 0.29) is 0 Å². The number of benzene rings is 1. The van der Waals surface area contributed by atoms with Crippen LogP contribution in [0.5, 0.6) is 0 Å². The van der Waals surface area contributed by atoms with Crippen molar-refractivity contribution in [3.05, 3.63) is 35.4 Å². The molecular formula is C19H29O. The summed E-state index contributed by atoms with van der Waals surface area (Å²) in [4.78, 5) is 10.4. The Hall–Kier alpha value is -1.11. The Morgan fingerprint density at radius 3 is 1.75 bits per heavy atom. The predicted octanol–water partition coefficient (Wildman–Crippen LogP) is 5.61. The van der Waals surface area contributed by atoms with Gasteiger partial charge in [-0.2, -0.15) is 0 Å². The number of carbonyl (C=O) groups excluding carboxylic acids is 1. The largest absolute Gasteiger partial charge is 0.285 e. The second-order valence-corrected chi connectivity index (χ2v) is 5.73. The van der Waals surface area contributed by atoms with Gasteiger partial charge in [0.25, 0.3) is 0 Å². The van der Waals surface area contributed by atoms with Crippen molar-refractivity contribution in [2.45, 2.75) is 77.6 Å². The van der Waals surface area contributed by atoms with Crippen molar-refractivity contribution >= 4 is 6.29 Å². The molecule has 0 heterocycles. The monoisotopic (exact) mass is 273 g/mol. The molecule has 0 saturated carbocycles. The normalized spacial score (nSPS) is 10.7. The zero-order chi connectivity index (χ0) is 14.5. The van der Waals surface area contributed by atoms with E-state index in [9.17, 15) is 4.79 Å². The van der Waals surface area contributed by atoms with Crippen molar-refractivity contribution in [2.24, 2.45) is 0 Å². The topological polar surface area (TPSA) is 17.1 Å². The first-order valence-corrected chi connectivity index (χ1v) is 8.34. The lowest BCUT2D eigenvalue weighted by Crippen LogP contribution is -1.88. The van der Waals surface area contributed by atoms with Crippen LogP contribution in [0.1, 0.15) is 82.3 Å². The molecule has 0 aliphatic rings. The van der Waals surface area contributed by atoms with Crippen LogP contribution in [0, 0.1) is 0 Å². The highest BCUT2D eigenvalue weighted by atomic mass is 16.1. The van der Waals surface area contributed by atoms with Crippen molar-refractivity contribution in [1.82, 2.24) is 0 Å². The van der Waals surface area contributed by atoms with Crippen LogP contribution in [0.15, 0.2) is 24.3 Å². The first kappa shape index (κ1) is 16.9. The van der Waals surface area contributed by atoms with Crippen LogP contribution in [0.2, 0.25) is 0 Å². The molecule has 1 nitrogen and oxygen atoms in total. The quantitative estimate of drug-likeness (QED) is 0.452. The molecule has 20 heavy (non-hydrogen) atoms. The minimum Gasteiger partial charge on any atom is -0.285 e. The van der Waals surface area contributed by atoms with Crippen molar-refractivity contribution in [2.75, 3.05) is 0 Å². The second kappa shape index (κ2) is 11.7. The lowest BCUT2D eigenvalue weighted by atomic mass is 10.0. The van der Waals surface area contributed by atoms with Gasteiger partial charge in [0.15, 0.2) is 0 Å². The fourth-order valence-corrected chi connectivity index (χ4v) is 2.56. The molecule has 1 aromatic carbocycles. The second-order valence-electron chi connectivity index (χ2n) is 5.73. The first-order chi connectivity index (χ1) is 9.86. The number of aryl methyl sites for hydroxylation is 1. The van der Waals surface area contributed by atoms with E-state index in [1.54, 1.807) is 0 Å². The third-order valence-corrected chi connectivity index (χ3v) is 3.89. The fraction of sp³-hybridized carbons (Fsp3) is 0.632. The van der Waals surface area contributed by atoms with Crippen LogP contribution < -0.4 is 0 Å². The Labute approximate surface area is 124 Å². The van der Waals surface area contributed by atoms with Crippen molar-refractivity contribution < 1.29 is 4.79 Å². The molecule has 1 heteroatoms. The summed E-state index contributed by atoms with van der Waals surface area (Å²) in [6.45, 7) is 2.27. The zero-order valence-corrected chi connectivity index (χ0v) is 13.0. The molecule has 0 amide bonds. The molecule has 1 rings (SSSR count). The summed E-state index contributed by atoms with van der Waals surface area (Å²) in [7, 11) is 0. The Kier molecular flexibility index (Phi) is 9.91. The van der Waals surface area contributed by atoms with Gasteiger partial charge in [-0.15, -0.1) is 0 Å². The van der Waals surface area contributed by atoms with Crippen LogP contribution in [-0.2, 0) is 11.2 Å². The summed E-state index contributed by atoms with van der Waals surface area (Å²) in [5.74, 6) is 0. The van der Waals surface area contributed by atoms with Crippen LogP contribution in [-0.4, -0.2) is 6.29 Å². The van der Waals surface area contributed by atoms with E-state index < -0.39 is 0 Å². The van der Waals surface area contributed by atoms with Crippen molar-refractivity contribution in [3.63, 3.8) is 0 Å². The summed E-state index contributed by atoms with van der Waals surface area (Å²) in [5.41, 5.74) is 1.99. The van der Waals surface area contributed by atoms with Gasteiger partial charge in [-0.3, -0.25) is 4.79 Å². The molecular weight excluding hydrogens is 244 g/mol. The van der Waals surface area contributed by atoms with Gasteiger partial charge >= 0.3 is 0 Å². The molecule has 0 N–H and O–H groups in total. The minimum atomic E-state index is 0.650. The highest BCUT2D eigenvalue weighted by Gasteiger charge is 1.96. The molecule has 0 atom stereocenters. The van der Waals surface area contributed by atoms with Gasteiger partial charge in [0, 0.05) is 5.56 Å². The average molecular weight is 273 g/mol. The van der Waals surface area contributed by atoms with E-state index in [4.69, 9.17) is 0 Å². The summed E-state index contributed by atoms with van der Waals surface area (Å²) < 4.78 is 0. The van der Waals surface area contributed by atoms with Gasteiger partial charge in [-0.05, 0) is 18.4 Å². The number of rotatable bonds is 12. The maximum atomic E-state index is 10.4. The van der Waals surface area contributed by atoms with Crippen LogP contribution in [0.3, 0.4) is 0 Å². The third kappa shape index (κ3) is 8.14. The van der Waals surface area contributed by atoms with E-state index in [0.29, 0.717) is 5.56 Å². The van der Waals surface area contributed by atoms with Crippen molar-refractivity contribution in [3.8, 4) is 0 Å². The van der Waals surface area contributed by atoms with E-state index in [0.717, 1.165) is 6.42 Å². The molecule has 1 aromatic rings. The summed E-state index contributed by atoms with van der Waals surface area (Å²) in [6, 6.07) is 7.82. The lowest BCUT2D eigenvalue weighted by molar-refractivity contribution is 0.556. The van der Waals surface area contributed by atoms with E-state index >= 15 is 0 Å². The van der Waals surface area contributed by atoms with Crippen LogP contribution in [0.4, 0.5) is 0 Å². The zero-order valence-electron chi connectivity index (χ0n) is 13.0. The average Bonchev–Trinajstić information content (AvgIpc) is 2.50. The van der Waals surface area contributed by atoms with E-state index in [1.807, 2.05) is 30.6 Å². The van der Waals surface area contributed by atoms with Gasteiger partial charge in [0.1, 0.15) is 0 Å². The Bertz CT molecular complexity index is 339. The third-order valence-electron chi connectivity index (χ3n) is 3.89. The highest BCUT2D eigenvalue weighted by molar-refractivity contribution is 5.75. The number of unbranched alkanes of at least 4 members (excludes halogenated alkanes) is 9. The maximum absolute atomic E-state index is 10.4. The molecule has 0 bridgehead atoms. The van der Waals surface area contributed by atoms with Crippen LogP contribution in [0.25, 0.3) is 0 Å². The minimum absolute atomic E-state index is 0.650. The van der Waals surface area contributed by atoms with Gasteiger partial charge in [-0.1, -0.05) is 89.0 Å². The van der Waals surface area contributed by atoms with Gasteiger partial charge < -0.3 is 0 Å². The Morgan fingerprint density at radius 1 is 0.750 bits per heavy atom. The number of hydrogen-bond donors (Lipinski definition) is 0. The SMILES string of the molecule is CCCCCCCCCCCCc1ccc([C]=O)cc1. The summed E-state index contributed by atoms with van der Waals surface area (Å²) in [6.07, 6.45) is 16.8. The van der Waals surface area contributed by atoms with Gasteiger partial charge in [0.2, 0.25) is 6.29 Å². The first-order valence-electron chi connectivity index (χ1n) is 8.34. The molecule has 111 valence electrons. The Balaban J connectivity index is 1.92. The molecule has 0 saturated heterocycles. The molecule has 0 spiro atoms. The van der Waals surface area contributed by atoms with Crippen molar-refractivity contribution in [1.29, 1.82) is 0 Å². The molecule has 0 aliphatic heterocycles. The van der Waals surface area contributed by atoms with Gasteiger partial charge in [-0.25, -0.2) is 0 Å². The standard InChI is InChI=1S/C19H29O/c1-2-3-4-5-6-7-8-9-10-11-12-18-13-15-19(17-20)16-14-18/h13-16H,2-12H2,1H3. The predicted molar refractivity (Wildman–Crippen MR) is 86.8 cm³/mol. The summed E-state index contributed by atoms with van der Waals surface area (Å²) >= 11 is 0. The lowest BCUT2D eigenvalue weighted by Gasteiger charge is -2.03. The van der Waals surface area contributed by atoms with E-state index in [1.165, 1.54) is 69.8 Å². The van der Waals surface area contributed by atoms with E-state index in [2.05, 4.69) is 6.92 Å². The number of hydrogen-bond acceptors (Lipinski definition) is 1. The summed E-state index contributed by atoms with van der Waals surface area (Å²) in [5, 5.41) is 0. The molecule has 1 radical (unpaired) electrons. The fourth-order valence-electron chi connectivity index (χ4n) is 2.56. The molecule has 0 fully saturated rings. The molecule has 0 unspecified atom stereocenters. The van der Waals surface area contributed by atoms with Gasteiger partial charge in [0.05, 0.1) is 0 Å². The smallest absolute Gasteiger partial charge is 0.233 e. The highest BCUT2D eigenvalue weighted by Crippen LogP contribution is 2.12. The maximum Gasteiger partial charge on any atom is 0.233 e.